The van der Waals surface area contributed by atoms with Crippen molar-refractivity contribution in [2.75, 3.05) is 20.7 Å². The maximum absolute atomic E-state index is 12.3. The average Bonchev–Trinajstić information content (AvgIpc) is 2.43. The second-order valence-electron chi connectivity index (χ2n) is 3.96. The van der Waals surface area contributed by atoms with Gasteiger partial charge in [0.25, 0.3) is 0 Å². The molecule has 0 saturated carbocycles. The molecule has 1 aromatic carbocycles. The molecule has 20 heavy (non-hydrogen) atoms. The van der Waals surface area contributed by atoms with E-state index >= 15 is 0 Å². The number of esters is 1. The van der Waals surface area contributed by atoms with Crippen LogP contribution in [-0.4, -0.2) is 50.5 Å². The van der Waals surface area contributed by atoms with Crippen molar-refractivity contribution in [2.24, 2.45) is 0 Å². The molecule has 0 aliphatic heterocycles. The summed E-state index contributed by atoms with van der Waals surface area (Å²) in [6.45, 7) is -0.187. The van der Waals surface area contributed by atoms with E-state index in [1.54, 1.807) is 0 Å². The Balaban J connectivity index is 3.15. The first-order valence-corrected chi connectivity index (χ1v) is 7.10. The van der Waals surface area contributed by atoms with Gasteiger partial charge in [0, 0.05) is 13.6 Å². The summed E-state index contributed by atoms with van der Waals surface area (Å²) in [6.07, 6.45) is -0.323. The van der Waals surface area contributed by atoms with E-state index in [0.717, 1.165) is 11.4 Å². The van der Waals surface area contributed by atoms with Crippen LogP contribution in [0.2, 0.25) is 0 Å². The number of benzene rings is 1. The van der Waals surface area contributed by atoms with Gasteiger partial charge in [0.15, 0.2) is 0 Å². The summed E-state index contributed by atoms with van der Waals surface area (Å²) in [5.41, 5.74) is -0.0859. The van der Waals surface area contributed by atoms with Gasteiger partial charge in [-0.05, 0) is 12.1 Å². The number of aliphatic carboxylic acids is 1. The van der Waals surface area contributed by atoms with Gasteiger partial charge in [0.05, 0.1) is 24.0 Å². The lowest BCUT2D eigenvalue weighted by molar-refractivity contribution is -0.137. The number of carbonyl (C=O) groups is 2. The van der Waals surface area contributed by atoms with Crippen molar-refractivity contribution in [1.29, 1.82) is 0 Å². The van der Waals surface area contributed by atoms with Crippen molar-refractivity contribution in [3.63, 3.8) is 0 Å². The van der Waals surface area contributed by atoms with Crippen LogP contribution in [0, 0.1) is 0 Å². The Morgan fingerprint density at radius 3 is 2.45 bits per heavy atom. The van der Waals surface area contributed by atoms with E-state index in [-0.39, 0.29) is 23.4 Å². The first-order valence-electron chi connectivity index (χ1n) is 5.66. The van der Waals surface area contributed by atoms with Crippen LogP contribution in [0.1, 0.15) is 16.8 Å². The van der Waals surface area contributed by atoms with Crippen LogP contribution in [0.15, 0.2) is 29.2 Å². The molecule has 0 atom stereocenters. The SMILES string of the molecule is COC(=O)c1ccccc1S(=O)(=O)N(C)CCC(=O)O. The predicted octanol–water partition coefficient (Wildman–Crippen LogP) is 0.568. The molecule has 0 aliphatic carbocycles. The van der Waals surface area contributed by atoms with Crippen LogP contribution in [0.3, 0.4) is 0 Å². The van der Waals surface area contributed by atoms with Crippen molar-refractivity contribution in [1.82, 2.24) is 4.31 Å². The molecule has 0 unspecified atom stereocenters. The lowest BCUT2D eigenvalue weighted by atomic mass is 10.2. The number of carbonyl (C=O) groups excluding carboxylic acids is 1. The second kappa shape index (κ2) is 6.49. The van der Waals surface area contributed by atoms with Crippen LogP contribution < -0.4 is 0 Å². The number of carboxylic acids is 1. The minimum absolute atomic E-state index is 0.0859. The molecule has 0 saturated heterocycles. The Kier molecular flexibility index (Phi) is 5.23. The highest BCUT2D eigenvalue weighted by Crippen LogP contribution is 2.20. The summed E-state index contributed by atoms with van der Waals surface area (Å²) in [6, 6.07) is 5.61. The van der Waals surface area contributed by atoms with E-state index in [1.165, 1.54) is 31.3 Å². The number of hydrogen-bond acceptors (Lipinski definition) is 5. The number of methoxy groups -OCH3 is 1. The lowest BCUT2D eigenvalue weighted by Crippen LogP contribution is -2.30. The number of sulfonamides is 1. The standard InChI is InChI=1S/C12H15NO6S/c1-13(8-7-11(14)15)20(17,18)10-6-4-3-5-9(10)12(16)19-2/h3-6H,7-8H2,1-2H3,(H,14,15). The summed E-state index contributed by atoms with van der Waals surface area (Å²) in [4.78, 5) is 21.9. The molecule has 0 aromatic heterocycles. The summed E-state index contributed by atoms with van der Waals surface area (Å²) in [5.74, 6) is -1.87. The Labute approximate surface area is 116 Å². The molecule has 0 aliphatic rings. The Hall–Kier alpha value is -1.93. The van der Waals surface area contributed by atoms with Gasteiger partial charge in [-0.15, -0.1) is 0 Å². The topological polar surface area (TPSA) is 101 Å². The zero-order valence-corrected chi connectivity index (χ0v) is 11.9. The number of carboxylic acid groups (broad SMARTS) is 1. The van der Waals surface area contributed by atoms with E-state index < -0.39 is 22.0 Å². The normalized spacial score (nSPS) is 11.3. The molecule has 110 valence electrons. The molecule has 1 rings (SSSR count). The lowest BCUT2D eigenvalue weighted by Gasteiger charge is -2.17. The minimum Gasteiger partial charge on any atom is -0.481 e. The molecule has 0 amide bonds. The van der Waals surface area contributed by atoms with Crippen molar-refractivity contribution in [3.8, 4) is 0 Å². The Bertz CT molecular complexity index is 610. The molecule has 0 heterocycles. The molecule has 0 fully saturated rings. The molecule has 7 nitrogen and oxygen atoms in total. The summed E-state index contributed by atoms with van der Waals surface area (Å²) < 4.78 is 30.0. The highest BCUT2D eigenvalue weighted by Gasteiger charge is 2.26. The maximum atomic E-state index is 12.3. The smallest absolute Gasteiger partial charge is 0.339 e. The molecular formula is C12H15NO6S. The molecule has 8 heteroatoms. The summed E-state index contributed by atoms with van der Waals surface area (Å²) in [7, 11) is -1.54. The zero-order valence-electron chi connectivity index (χ0n) is 11.1. The number of rotatable bonds is 6. The number of hydrogen-bond donors (Lipinski definition) is 1. The molecule has 0 bridgehead atoms. The maximum Gasteiger partial charge on any atom is 0.339 e. The van der Waals surface area contributed by atoms with Gasteiger partial charge in [-0.25, -0.2) is 17.5 Å². The zero-order chi connectivity index (χ0) is 15.3. The first kappa shape index (κ1) is 16.1. The fourth-order valence-corrected chi connectivity index (χ4v) is 2.86. The van der Waals surface area contributed by atoms with Gasteiger partial charge < -0.3 is 9.84 Å². The minimum atomic E-state index is -3.95. The molecule has 1 N–H and O–H groups in total. The van der Waals surface area contributed by atoms with E-state index in [9.17, 15) is 18.0 Å². The number of ether oxygens (including phenoxy) is 1. The van der Waals surface area contributed by atoms with Gasteiger partial charge in [-0.1, -0.05) is 12.1 Å². The molecular weight excluding hydrogens is 286 g/mol. The summed E-state index contributed by atoms with van der Waals surface area (Å²) >= 11 is 0. The van der Waals surface area contributed by atoms with E-state index in [0.29, 0.717) is 0 Å². The Morgan fingerprint density at radius 1 is 1.30 bits per heavy atom. The van der Waals surface area contributed by atoms with Crippen molar-refractivity contribution in [3.05, 3.63) is 29.8 Å². The van der Waals surface area contributed by atoms with Gasteiger partial charge in [0.1, 0.15) is 0 Å². The van der Waals surface area contributed by atoms with E-state index in [1.807, 2.05) is 0 Å². The van der Waals surface area contributed by atoms with Gasteiger partial charge in [-0.2, -0.15) is 0 Å². The predicted molar refractivity (Wildman–Crippen MR) is 69.9 cm³/mol. The first-order chi connectivity index (χ1) is 9.30. The van der Waals surface area contributed by atoms with Crippen molar-refractivity contribution < 1.29 is 27.9 Å². The highest BCUT2D eigenvalue weighted by molar-refractivity contribution is 7.89. The highest BCUT2D eigenvalue weighted by atomic mass is 32.2. The van der Waals surface area contributed by atoms with Crippen LogP contribution in [0.4, 0.5) is 0 Å². The van der Waals surface area contributed by atoms with Gasteiger partial charge in [-0.3, -0.25) is 4.79 Å². The summed E-state index contributed by atoms with van der Waals surface area (Å²) in [5, 5.41) is 8.58. The van der Waals surface area contributed by atoms with E-state index in [2.05, 4.69) is 4.74 Å². The third-order valence-corrected chi connectivity index (χ3v) is 4.54. The third-order valence-electron chi connectivity index (χ3n) is 2.62. The fourth-order valence-electron chi connectivity index (χ4n) is 1.51. The molecule has 1 aromatic rings. The quantitative estimate of drug-likeness (QED) is 0.771. The number of nitrogens with zero attached hydrogens (tertiary/aromatic N) is 1. The average molecular weight is 301 g/mol. The Morgan fingerprint density at radius 2 is 1.90 bits per heavy atom. The fraction of sp³-hybridized carbons (Fsp3) is 0.333. The van der Waals surface area contributed by atoms with Crippen LogP contribution in [0.25, 0.3) is 0 Å². The molecule has 0 radical (unpaired) electrons. The largest absolute Gasteiger partial charge is 0.481 e. The van der Waals surface area contributed by atoms with Crippen LogP contribution in [0.5, 0.6) is 0 Å². The van der Waals surface area contributed by atoms with Crippen LogP contribution >= 0.6 is 0 Å². The van der Waals surface area contributed by atoms with E-state index in [4.69, 9.17) is 5.11 Å². The second-order valence-corrected chi connectivity index (χ2v) is 5.97. The van der Waals surface area contributed by atoms with Crippen molar-refractivity contribution in [2.45, 2.75) is 11.3 Å². The van der Waals surface area contributed by atoms with Crippen LogP contribution in [-0.2, 0) is 19.6 Å². The monoisotopic (exact) mass is 301 g/mol. The van der Waals surface area contributed by atoms with Gasteiger partial charge in [0.2, 0.25) is 10.0 Å². The van der Waals surface area contributed by atoms with Crippen molar-refractivity contribution >= 4 is 22.0 Å². The third kappa shape index (κ3) is 3.55. The van der Waals surface area contributed by atoms with Gasteiger partial charge >= 0.3 is 11.9 Å². The molecule has 0 spiro atoms.